The summed E-state index contributed by atoms with van der Waals surface area (Å²) in [6.45, 7) is 5.08. The fourth-order valence-corrected chi connectivity index (χ4v) is 3.31. The number of carbonyl (C=O) groups excluding carboxylic acids is 1. The van der Waals surface area contributed by atoms with Crippen LogP contribution in [0, 0.1) is 6.92 Å². The van der Waals surface area contributed by atoms with Crippen LogP contribution in [0.15, 0.2) is 18.2 Å². The molecule has 0 radical (unpaired) electrons. The Morgan fingerprint density at radius 3 is 2.73 bits per heavy atom. The highest BCUT2D eigenvalue weighted by Gasteiger charge is 2.34. The predicted molar refractivity (Wildman–Crippen MR) is 92.0 cm³/mol. The first-order valence-corrected chi connectivity index (χ1v) is 8.42. The van der Waals surface area contributed by atoms with E-state index in [0.717, 1.165) is 11.1 Å². The molecule has 1 aliphatic heterocycles. The number of carbonyl (C=O) groups is 1. The van der Waals surface area contributed by atoms with Gasteiger partial charge in [-0.3, -0.25) is 14.8 Å². The molecular formula is C18H21F3N4O. The van der Waals surface area contributed by atoms with Gasteiger partial charge in [-0.2, -0.15) is 18.3 Å². The monoisotopic (exact) mass is 366 g/mol. The maximum Gasteiger partial charge on any atom is 0.401 e. The van der Waals surface area contributed by atoms with Gasteiger partial charge in [0.05, 0.1) is 17.8 Å². The third-order valence-corrected chi connectivity index (χ3v) is 4.45. The summed E-state index contributed by atoms with van der Waals surface area (Å²) in [5.74, 6) is -0.230. The Kier molecular flexibility index (Phi) is 4.79. The van der Waals surface area contributed by atoms with Gasteiger partial charge in [0.2, 0.25) is 0 Å². The Labute approximate surface area is 149 Å². The maximum absolute atomic E-state index is 12.8. The van der Waals surface area contributed by atoms with Crippen LogP contribution in [-0.4, -0.2) is 33.7 Å². The number of H-pyrrole nitrogens is 1. The van der Waals surface area contributed by atoms with Crippen molar-refractivity contribution in [1.29, 1.82) is 0 Å². The molecule has 2 heterocycles. The number of aromatic amines is 1. The summed E-state index contributed by atoms with van der Waals surface area (Å²) in [4.78, 5) is 14.1. The van der Waals surface area contributed by atoms with Crippen LogP contribution in [0.4, 0.5) is 18.9 Å². The van der Waals surface area contributed by atoms with Gasteiger partial charge >= 0.3 is 6.18 Å². The third-order valence-electron chi connectivity index (χ3n) is 4.45. The van der Waals surface area contributed by atoms with E-state index >= 15 is 0 Å². The van der Waals surface area contributed by atoms with E-state index in [2.05, 4.69) is 15.5 Å². The molecule has 26 heavy (non-hydrogen) atoms. The lowest BCUT2D eigenvalue weighted by atomic mass is 10.0. The van der Waals surface area contributed by atoms with E-state index in [1.54, 1.807) is 25.1 Å². The summed E-state index contributed by atoms with van der Waals surface area (Å²) in [5.41, 5.74) is 3.91. The molecule has 1 aliphatic rings. The normalized spacial score (nSPS) is 14.7. The van der Waals surface area contributed by atoms with Crippen molar-refractivity contribution < 1.29 is 18.0 Å². The molecule has 5 nitrogen and oxygen atoms in total. The van der Waals surface area contributed by atoms with E-state index in [4.69, 9.17) is 0 Å². The van der Waals surface area contributed by atoms with E-state index in [0.29, 0.717) is 22.6 Å². The average Bonchev–Trinajstić information content (AvgIpc) is 3.09. The minimum atomic E-state index is -4.24. The van der Waals surface area contributed by atoms with Gasteiger partial charge in [0, 0.05) is 24.5 Å². The summed E-state index contributed by atoms with van der Waals surface area (Å²) in [6, 6.07) is 5.26. The van der Waals surface area contributed by atoms with E-state index in [1.807, 2.05) is 13.8 Å². The number of nitrogens with zero attached hydrogens (tertiary/aromatic N) is 2. The summed E-state index contributed by atoms with van der Waals surface area (Å²) >= 11 is 0. The van der Waals surface area contributed by atoms with Gasteiger partial charge in [-0.1, -0.05) is 26.0 Å². The molecule has 0 spiro atoms. The molecule has 0 aliphatic carbocycles. The average molecular weight is 366 g/mol. The Morgan fingerprint density at radius 2 is 2.08 bits per heavy atom. The number of fused-ring (bicyclic) bond motifs is 1. The minimum Gasteiger partial charge on any atom is -0.322 e. The molecule has 1 aromatic carbocycles. The minimum absolute atomic E-state index is 0.0736. The van der Waals surface area contributed by atoms with E-state index in [9.17, 15) is 18.0 Å². The van der Waals surface area contributed by atoms with Crippen LogP contribution in [-0.2, 0) is 13.1 Å². The first kappa shape index (κ1) is 18.4. The summed E-state index contributed by atoms with van der Waals surface area (Å²) in [5, 5.41) is 9.87. The van der Waals surface area contributed by atoms with Gasteiger partial charge in [0.25, 0.3) is 5.91 Å². The highest BCUT2D eigenvalue weighted by atomic mass is 19.4. The van der Waals surface area contributed by atoms with Gasteiger partial charge in [-0.15, -0.1) is 0 Å². The SMILES string of the molecule is Cc1[nH]nc(C(C)C)c1C(=O)Nc1cccc2c1CN(CC(F)(F)F)C2. The fourth-order valence-electron chi connectivity index (χ4n) is 3.31. The molecule has 0 bridgehead atoms. The molecule has 0 fully saturated rings. The summed E-state index contributed by atoms with van der Waals surface area (Å²) in [7, 11) is 0. The van der Waals surface area contributed by atoms with Gasteiger partial charge in [-0.25, -0.2) is 0 Å². The first-order chi connectivity index (χ1) is 12.2. The quantitative estimate of drug-likeness (QED) is 0.861. The standard InChI is InChI=1S/C18H21F3N4O/c1-10(2)16-15(11(3)23-24-16)17(26)22-14-6-4-5-12-7-25(8-13(12)14)9-18(19,20)21/h4-6,10H,7-9H2,1-3H3,(H,22,26)(H,23,24). The lowest BCUT2D eigenvalue weighted by Crippen LogP contribution is -2.30. The zero-order valence-corrected chi connectivity index (χ0v) is 14.9. The number of benzene rings is 1. The van der Waals surface area contributed by atoms with E-state index in [1.165, 1.54) is 4.90 Å². The van der Waals surface area contributed by atoms with Gasteiger partial charge in [0.1, 0.15) is 0 Å². The van der Waals surface area contributed by atoms with Crippen LogP contribution in [0.25, 0.3) is 0 Å². The number of hydrogen-bond acceptors (Lipinski definition) is 3. The van der Waals surface area contributed by atoms with Gasteiger partial charge < -0.3 is 5.32 Å². The van der Waals surface area contributed by atoms with Crippen LogP contribution < -0.4 is 5.32 Å². The van der Waals surface area contributed by atoms with Crippen molar-refractivity contribution in [3.8, 4) is 0 Å². The van der Waals surface area contributed by atoms with Crippen LogP contribution in [0.1, 0.15) is 52.6 Å². The predicted octanol–water partition coefficient (Wildman–Crippen LogP) is 3.97. The first-order valence-electron chi connectivity index (χ1n) is 8.42. The molecule has 0 atom stereocenters. The van der Waals surface area contributed by atoms with Crippen molar-refractivity contribution in [3.05, 3.63) is 46.3 Å². The molecule has 0 unspecified atom stereocenters. The Balaban J connectivity index is 1.83. The molecular weight excluding hydrogens is 345 g/mol. The number of aromatic nitrogens is 2. The molecule has 8 heteroatoms. The van der Waals surface area contributed by atoms with Gasteiger partial charge in [-0.05, 0) is 30.0 Å². The Bertz CT molecular complexity index is 826. The number of rotatable bonds is 4. The number of nitrogens with one attached hydrogen (secondary N) is 2. The molecule has 1 amide bonds. The number of aryl methyl sites for hydroxylation is 1. The molecule has 2 aromatic rings. The number of anilines is 1. The molecule has 0 saturated carbocycles. The molecule has 140 valence electrons. The second-order valence-corrected chi connectivity index (χ2v) is 6.92. The lowest BCUT2D eigenvalue weighted by molar-refractivity contribution is -0.146. The van der Waals surface area contributed by atoms with Crippen molar-refractivity contribution >= 4 is 11.6 Å². The Hall–Kier alpha value is -2.35. The van der Waals surface area contributed by atoms with Crippen LogP contribution in [0.5, 0.6) is 0 Å². The lowest BCUT2D eigenvalue weighted by Gasteiger charge is -2.17. The van der Waals surface area contributed by atoms with E-state index in [-0.39, 0.29) is 24.9 Å². The van der Waals surface area contributed by atoms with Crippen molar-refractivity contribution in [2.45, 2.75) is 46.0 Å². The zero-order chi connectivity index (χ0) is 19.1. The second-order valence-electron chi connectivity index (χ2n) is 6.92. The maximum atomic E-state index is 12.8. The molecule has 2 N–H and O–H groups in total. The molecule has 1 aromatic heterocycles. The highest BCUT2D eigenvalue weighted by Crippen LogP contribution is 2.32. The number of amides is 1. The largest absolute Gasteiger partial charge is 0.401 e. The second kappa shape index (κ2) is 6.75. The van der Waals surface area contributed by atoms with Crippen LogP contribution in [0.2, 0.25) is 0 Å². The van der Waals surface area contributed by atoms with Crippen molar-refractivity contribution in [1.82, 2.24) is 15.1 Å². The van der Waals surface area contributed by atoms with Crippen molar-refractivity contribution in [2.24, 2.45) is 0 Å². The number of halogens is 3. The highest BCUT2D eigenvalue weighted by molar-refractivity contribution is 6.06. The van der Waals surface area contributed by atoms with Crippen molar-refractivity contribution in [3.63, 3.8) is 0 Å². The van der Waals surface area contributed by atoms with Gasteiger partial charge in [0.15, 0.2) is 0 Å². The van der Waals surface area contributed by atoms with Crippen LogP contribution in [0.3, 0.4) is 0 Å². The molecule has 0 saturated heterocycles. The van der Waals surface area contributed by atoms with Crippen molar-refractivity contribution in [2.75, 3.05) is 11.9 Å². The Morgan fingerprint density at radius 1 is 1.35 bits per heavy atom. The zero-order valence-electron chi connectivity index (χ0n) is 14.9. The number of alkyl halides is 3. The third kappa shape index (κ3) is 3.75. The topological polar surface area (TPSA) is 61.0 Å². The number of hydrogen-bond donors (Lipinski definition) is 2. The van der Waals surface area contributed by atoms with Crippen LogP contribution >= 0.6 is 0 Å². The fraction of sp³-hybridized carbons (Fsp3) is 0.444. The summed E-state index contributed by atoms with van der Waals surface area (Å²) < 4.78 is 38.0. The molecule has 3 rings (SSSR count). The van der Waals surface area contributed by atoms with E-state index < -0.39 is 12.7 Å². The smallest absolute Gasteiger partial charge is 0.322 e. The summed E-state index contributed by atoms with van der Waals surface area (Å²) in [6.07, 6.45) is -4.24.